The fourth-order valence-electron chi connectivity index (χ4n) is 2.19. The first-order valence-corrected chi connectivity index (χ1v) is 5.80. The van der Waals surface area contributed by atoms with Crippen LogP contribution in [-0.2, 0) is 6.54 Å². The summed E-state index contributed by atoms with van der Waals surface area (Å²) in [7, 11) is 0. The van der Waals surface area contributed by atoms with Gasteiger partial charge in [0.1, 0.15) is 0 Å². The third-order valence-corrected chi connectivity index (χ3v) is 3.14. The number of fused-ring (bicyclic) bond motifs is 2. The molecule has 7 heteroatoms. The van der Waals surface area contributed by atoms with Crippen LogP contribution in [0.1, 0.15) is 17.3 Å². The molecule has 1 aliphatic heterocycles. The molecule has 0 saturated heterocycles. The summed E-state index contributed by atoms with van der Waals surface area (Å²) in [6.07, 6.45) is 1.29. The summed E-state index contributed by atoms with van der Waals surface area (Å²) in [6, 6.07) is 3.19. The maximum absolute atomic E-state index is 12.1. The molecule has 0 amide bonds. The molecule has 98 valence electrons. The first kappa shape index (κ1) is 15.5. The second kappa shape index (κ2) is 5.86. The number of aromatic nitrogens is 1. The number of aryl methyl sites for hydroxylation is 1. The van der Waals surface area contributed by atoms with Gasteiger partial charge in [0.05, 0.1) is 22.4 Å². The number of carboxylic acid groups (broad SMARTS) is 1. The zero-order chi connectivity index (χ0) is 13.6. The van der Waals surface area contributed by atoms with Crippen molar-refractivity contribution < 1.29 is 70.8 Å². The minimum atomic E-state index is -1.48. The Morgan fingerprint density at radius 1 is 1.35 bits per heavy atom. The Balaban J connectivity index is 0.00000147. The van der Waals surface area contributed by atoms with Crippen molar-refractivity contribution in [1.29, 1.82) is 0 Å². The van der Waals surface area contributed by atoms with E-state index >= 15 is 0 Å². The van der Waals surface area contributed by atoms with Crippen molar-refractivity contribution in [1.82, 2.24) is 4.57 Å². The first-order chi connectivity index (χ1) is 9.11. The molecule has 6 nitrogen and oxygen atoms in total. The summed E-state index contributed by atoms with van der Waals surface area (Å²) >= 11 is 0. The van der Waals surface area contributed by atoms with E-state index in [0.717, 1.165) is 0 Å². The Morgan fingerprint density at radius 3 is 2.60 bits per heavy atom. The van der Waals surface area contributed by atoms with E-state index in [1.807, 2.05) is 6.92 Å². The van der Waals surface area contributed by atoms with Gasteiger partial charge in [0.15, 0.2) is 16.9 Å². The molecule has 2 heterocycles. The molecule has 0 spiro atoms. The summed E-state index contributed by atoms with van der Waals surface area (Å²) in [5.41, 5.74) is -0.312. The Labute approximate surface area is 156 Å². The fourth-order valence-corrected chi connectivity index (χ4v) is 2.19. The Hall–Kier alpha value is -0.864. The summed E-state index contributed by atoms with van der Waals surface area (Å²) < 4.78 is 12.1. The molecule has 3 rings (SSSR count). The van der Waals surface area contributed by atoms with E-state index in [1.165, 1.54) is 12.3 Å². The third-order valence-electron chi connectivity index (χ3n) is 3.14. The smallest absolute Gasteiger partial charge is 0.545 e. The van der Waals surface area contributed by atoms with Gasteiger partial charge in [-0.1, -0.05) is 0 Å². The van der Waals surface area contributed by atoms with Crippen LogP contribution in [0.4, 0.5) is 0 Å². The molecule has 2 aromatic rings. The fraction of sp³-hybridized carbons (Fsp3) is 0.231. The van der Waals surface area contributed by atoms with Gasteiger partial charge < -0.3 is 23.9 Å². The average Bonchev–Trinajstić information content (AvgIpc) is 2.84. The van der Waals surface area contributed by atoms with Crippen LogP contribution in [0.5, 0.6) is 11.5 Å². The van der Waals surface area contributed by atoms with Crippen LogP contribution in [0.25, 0.3) is 10.9 Å². The van der Waals surface area contributed by atoms with Gasteiger partial charge in [0, 0.05) is 18.8 Å². The molecule has 0 bridgehead atoms. The van der Waals surface area contributed by atoms with Gasteiger partial charge >= 0.3 is 51.4 Å². The molecule has 0 N–H and O–H groups in total. The van der Waals surface area contributed by atoms with E-state index in [4.69, 9.17) is 9.47 Å². The second-order valence-corrected chi connectivity index (χ2v) is 4.17. The molecule has 0 atom stereocenters. The number of benzene rings is 1. The Bertz CT molecular complexity index is 752. The minimum Gasteiger partial charge on any atom is -0.545 e. The van der Waals surface area contributed by atoms with E-state index in [9.17, 15) is 14.7 Å². The van der Waals surface area contributed by atoms with E-state index in [2.05, 4.69) is 0 Å². The molecule has 20 heavy (non-hydrogen) atoms. The molecule has 0 saturated carbocycles. The molecule has 0 aliphatic carbocycles. The summed E-state index contributed by atoms with van der Waals surface area (Å²) in [6.45, 7) is 2.48. The monoisotopic (exact) mass is 299 g/mol. The van der Waals surface area contributed by atoms with E-state index < -0.39 is 11.4 Å². The van der Waals surface area contributed by atoms with Gasteiger partial charge in [0.2, 0.25) is 6.79 Å². The summed E-state index contributed by atoms with van der Waals surface area (Å²) in [5, 5.41) is 11.3. The van der Waals surface area contributed by atoms with Crippen LogP contribution in [0.3, 0.4) is 0 Å². The Kier molecular flexibility index (Phi) is 4.55. The number of carbonyl (C=O) groups is 1. The largest absolute Gasteiger partial charge is 1.00 e. The summed E-state index contributed by atoms with van der Waals surface area (Å²) in [4.78, 5) is 23.1. The number of hydrogen-bond donors (Lipinski definition) is 0. The molecule has 0 radical (unpaired) electrons. The molecule has 1 aromatic carbocycles. The van der Waals surface area contributed by atoms with Crippen LogP contribution in [0, 0.1) is 0 Å². The van der Waals surface area contributed by atoms with Crippen molar-refractivity contribution >= 4 is 16.9 Å². The first-order valence-electron chi connectivity index (χ1n) is 5.80. The van der Waals surface area contributed by atoms with Crippen LogP contribution in [0.2, 0.25) is 0 Å². The standard InChI is InChI=1S/C13H11NO5.K/c1-2-14-5-8(13(16)17)12(15)7-3-10-11(4-9(7)14)19-6-18-10;/h3-5H,2,6H2,1H3,(H,16,17);/q;+1/p-1. The maximum Gasteiger partial charge on any atom is 1.00 e. The SMILES string of the molecule is CCn1cc(C(=O)[O-])c(=O)c2cc3c(cc21)OCO3.[K+]. The predicted molar refractivity (Wildman–Crippen MR) is 64.3 cm³/mol. The normalized spacial score (nSPS) is 12.2. The van der Waals surface area contributed by atoms with Gasteiger partial charge in [-0.2, -0.15) is 0 Å². The van der Waals surface area contributed by atoms with Crippen LogP contribution < -0.4 is 71.4 Å². The molecule has 0 unspecified atom stereocenters. The van der Waals surface area contributed by atoms with Crippen molar-refractivity contribution in [3.05, 3.63) is 34.1 Å². The van der Waals surface area contributed by atoms with Crippen molar-refractivity contribution in [3.63, 3.8) is 0 Å². The van der Waals surface area contributed by atoms with Crippen LogP contribution in [0.15, 0.2) is 23.1 Å². The molecular formula is C13H10KNO5. The van der Waals surface area contributed by atoms with Crippen molar-refractivity contribution in [2.75, 3.05) is 6.79 Å². The average molecular weight is 299 g/mol. The Morgan fingerprint density at radius 2 is 2.00 bits per heavy atom. The molecular weight excluding hydrogens is 289 g/mol. The number of hydrogen-bond acceptors (Lipinski definition) is 5. The number of aromatic carboxylic acids is 1. The topological polar surface area (TPSA) is 80.6 Å². The predicted octanol–water partition coefficient (Wildman–Crippen LogP) is -2.88. The van der Waals surface area contributed by atoms with E-state index in [1.54, 1.807) is 10.6 Å². The number of nitrogens with zero attached hydrogens (tertiary/aromatic N) is 1. The van der Waals surface area contributed by atoms with E-state index in [0.29, 0.717) is 23.6 Å². The second-order valence-electron chi connectivity index (χ2n) is 4.17. The molecule has 1 aliphatic rings. The number of rotatable bonds is 2. The van der Waals surface area contributed by atoms with Crippen molar-refractivity contribution in [3.8, 4) is 11.5 Å². The third kappa shape index (κ3) is 2.40. The van der Waals surface area contributed by atoms with Gasteiger partial charge in [-0.3, -0.25) is 4.79 Å². The number of carboxylic acids is 1. The number of carbonyl (C=O) groups excluding carboxylic acids is 1. The zero-order valence-corrected chi connectivity index (χ0v) is 14.3. The molecule has 0 fully saturated rings. The van der Waals surface area contributed by atoms with Crippen molar-refractivity contribution in [2.24, 2.45) is 0 Å². The van der Waals surface area contributed by atoms with Gasteiger partial charge in [0.25, 0.3) is 0 Å². The quantitative estimate of drug-likeness (QED) is 0.557. The number of pyridine rings is 1. The van der Waals surface area contributed by atoms with Gasteiger partial charge in [-0.05, 0) is 13.0 Å². The maximum atomic E-state index is 12.1. The van der Waals surface area contributed by atoms with Crippen molar-refractivity contribution in [2.45, 2.75) is 13.5 Å². The van der Waals surface area contributed by atoms with Gasteiger partial charge in [-0.25, -0.2) is 0 Å². The summed E-state index contributed by atoms with van der Waals surface area (Å²) in [5.74, 6) is -0.482. The zero-order valence-electron chi connectivity index (χ0n) is 11.1. The molecule has 1 aromatic heterocycles. The minimum absolute atomic E-state index is 0. The van der Waals surface area contributed by atoms with Crippen LogP contribution >= 0.6 is 0 Å². The van der Waals surface area contributed by atoms with Crippen LogP contribution in [-0.4, -0.2) is 17.3 Å². The number of ether oxygens (including phenoxy) is 2. The van der Waals surface area contributed by atoms with E-state index in [-0.39, 0.29) is 69.1 Å². The van der Waals surface area contributed by atoms with Gasteiger partial charge in [-0.15, -0.1) is 0 Å².